The van der Waals surface area contributed by atoms with Crippen LogP contribution < -0.4 is 0 Å². The van der Waals surface area contributed by atoms with E-state index in [9.17, 15) is 0 Å². The molecule has 0 unspecified atom stereocenters. The average Bonchev–Trinajstić information content (AvgIpc) is 2.43. The van der Waals surface area contributed by atoms with Crippen LogP contribution in [-0.4, -0.2) is 6.26 Å². The van der Waals surface area contributed by atoms with E-state index in [2.05, 4.69) is 47.3 Å². The molecule has 0 bridgehead atoms. The molecule has 0 atom stereocenters. The Balaban J connectivity index is 2.80. The second-order valence-electron chi connectivity index (χ2n) is 2.88. The summed E-state index contributed by atoms with van der Waals surface area (Å²) in [4.78, 5) is 2.74. The highest BCUT2D eigenvalue weighted by molar-refractivity contribution is 9.10. The number of aryl methyl sites for hydroxylation is 1. The van der Waals surface area contributed by atoms with Crippen molar-refractivity contribution in [3.05, 3.63) is 27.5 Å². The highest BCUT2D eigenvalue weighted by Gasteiger charge is 2.04. The molecule has 13 heavy (non-hydrogen) atoms. The number of hydrogen-bond acceptors (Lipinski definition) is 2. The van der Waals surface area contributed by atoms with Crippen molar-refractivity contribution in [1.29, 1.82) is 0 Å². The third-order valence-electron chi connectivity index (χ3n) is 1.89. The van der Waals surface area contributed by atoms with Crippen LogP contribution in [0.4, 0.5) is 0 Å². The second-order valence-corrected chi connectivity index (χ2v) is 5.90. The van der Waals surface area contributed by atoms with E-state index in [-0.39, 0.29) is 0 Å². The SMILES string of the molecule is CSc1cc(Br)cc2cc(C)sc12. The molecule has 0 saturated carbocycles. The van der Waals surface area contributed by atoms with Crippen molar-refractivity contribution in [2.24, 2.45) is 0 Å². The third-order valence-corrected chi connectivity index (χ3v) is 4.34. The highest BCUT2D eigenvalue weighted by Crippen LogP contribution is 2.35. The van der Waals surface area contributed by atoms with Crippen molar-refractivity contribution < 1.29 is 0 Å². The normalized spacial score (nSPS) is 11.0. The molecule has 0 N–H and O–H groups in total. The molecule has 0 aliphatic carbocycles. The zero-order valence-electron chi connectivity index (χ0n) is 7.43. The van der Waals surface area contributed by atoms with Gasteiger partial charge in [-0.15, -0.1) is 23.1 Å². The first-order valence-electron chi connectivity index (χ1n) is 3.94. The first-order chi connectivity index (χ1) is 6.20. The minimum Gasteiger partial charge on any atom is -0.139 e. The van der Waals surface area contributed by atoms with Gasteiger partial charge in [-0.1, -0.05) is 15.9 Å². The number of benzene rings is 1. The minimum absolute atomic E-state index is 1.17. The van der Waals surface area contributed by atoms with Gasteiger partial charge in [-0.05, 0) is 36.8 Å². The molecule has 68 valence electrons. The van der Waals surface area contributed by atoms with E-state index < -0.39 is 0 Å². The van der Waals surface area contributed by atoms with Crippen LogP contribution in [0.25, 0.3) is 10.1 Å². The predicted molar refractivity (Wildman–Crippen MR) is 66.0 cm³/mol. The van der Waals surface area contributed by atoms with Gasteiger partial charge in [-0.2, -0.15) is 0 Å². The molecule has 2 rings (SSSR count). The van der Waals surface area contributed by atoms with Gasteiger partial charge in [0, 0.05) is 18.9 Å². The molecule has 0 radical (unpaired) electrons. The quantitative estimate of drug-likeness (QED) is 0.679. The Bertz CT molecular complexity index is 445. The van der Waals surface area contributed by atoms with Crippen molar-refractivity contribution >= 4 is 49.1 Å². The summed E-state index contributed by atoms with van der Waals surface area (Å²) in [5, 5.41) is 1.35. The van der Waals surface area contributed by atoms with Gasteiger partial charge >= 0.3 is 0 Å². The number of rotatable bonds is 1. The first-order valence-corrected chi connectivity index (χ1v) is 6.78. The Morgan fingerprint density at radius 3 is 2.77 bits per heavy atom. The number of thiophene rings is 1. The zero-order valence-corrected chi connectivity index (χ0v) is 10.6. The summed E-state index contributed by atoms with van der Waals surface area (Å²) < 4.78 is 2.58. The molecular weight excluding hydrogens is 264 g/mol. The van der Waals surface area contributed by atoms with Crippen molar-refractivity contribution in [1.82, 2.24) is 0 Å². The van der Waals surface area contributed by atoms with E-state index in [0.29, 0.717) is 0 Å². The summed E-state index contributed by atoms with van der Waals surface area (Å²) in [6.07, 6.45) is 2.12. The molecule has 0 aliphatic heterocycles. The van der Waals surface area contributed by atoms with Gasteiger partial charge in [0.25, 0.3) is 0 Å². The molecule has 1 aromatic heterocycles. The summed E-state index contributed by atoms with van der Waals surface area (Å²) >= 11 is 7.20. The molecule has 1 heterocycles. The van der Waals surface area contributed by atoms with Crippen molar-refractivity contribution in [3.63, 3.8) is 0 Å². The number of halogens is 1. The van der Waals surface area contributed by atoms with Gasteiger partial charge in [0.2, 0.25) is 0 Å². The van der Waals surface area contributed by atoms with Gasteiger partial charge in [0.15, 0.2) is 0 Å². The Hall–Kier alpha value is 0.01000. The van der Waals surface area contributed by atoms with Crippen molar-refractivity contribution in [2.45, 2.75) is 11.8 Å². The van der Waals surface area contributed by atoms with E-state index in [1.165, 1.54) is 24.3 Å². The smallest absolute Gasteiger partial charge is 0.0482 e. The van der Waals surface area contributed by atoms with Crippen LogP contribution in [0.15, 0.2) is 27.6 Å². The summed E-state index contributed by atoms with van der Waals surface area (Å²) in [5.74, 6) is 0. The lowest BCUT2D eigenvalue weighted by Gasteiger charge is -1.99. The van der Waals surface area contributed by atoms with E-state index >= 15 is 0 Å². The van der Waals surface area contributed by atoms with Crippen LogP contribution in [0.2, 0.25) is 0 Å². The predicted octanol–water partition coefficient (Wildman–Crippen LogP) is 4.69. The molecule has 2 aromatic rings. The molecule has 0 amide bonds. The molecule has 3 heteroatoms. The highest BCUT2D eigenvalue weighted by atomic mass is 79.9. The minimum atomic E-state index is 1.17. The maximum Gasteiger partial charge on any atom is 0.0482 e. The zero-order chi connectivity index (χ0) is 9.42. The average molecular weight is 273 g/mol. The summed E-state index contributed by atoms with van der Waals surface area (Å²) in [7, 11) is 0. The molecule has 0 nitrogen and oxygen atoms in total. The fourth-order valence-electron chi connectivity index (χ4n) is 1.37. The standard InChI is InChI=1S/C10H9BrS2/c1-6-3-7-4-8(11)5-9(12-2)10(7)13-6/h3-5H,1-2H3. The summed E-state index contributed by atoms with van der Waals surface area (Å²) in [5.41, 5.74) is 0. The van der Waals surface area contributed by atoms with Crippen molar-refractivity contribution in [3.8, 4) is 0 Å². The fraction of sp³-hybridized carbons (Fsp3) is 0.200. The number of hydrogen-bond donors (Lipinski definition) is 0. The Morgan fingerprint density at radius 2 is 2.08 bits per heavy atom. The molecule has 1 aromatic carbocycles. The van der Waals surface area contributed by atoms with E-state index in [1.54, 1.807) is 11.8 Å². The topological polar surface area (TPSA) is 0 Å². The van der Waals surface area contributed by atoms with Gasteiger partial charge in [0.05, 0.1) is 0 Å². The fourth-order valence-corrected chi connectivity index (χ4v) is 3.82. The van der Waals surface area contributed by atoms with Crippen LogP contribution >= 0.6 is 39.0 Å². The van der Waals surface area contributed by atoms with Gasteiger partial charge < -0.3 is 0 Å². The van der Waals surface area contributed by atoms with Crippen LogP contribution in [0.1, 0.15) is 4.88 Å². The number of fused-ring (bicyclic) bond motifs is 1. The Morgan fingerprint density at radius 1 is 1.31 bits per heavy atom. The maximum absolute atomic E-state index is 3.52. The van der Waals surface area contributed by atoms with Gasteiger partial charge in [-0.25, -0.2) is 0 Å². The van der Waals surface area contributed by atoms with Gasteiger partial charge in [-0.3, -0.25) is 0 Å². The lowest BCUT2D eigenvalue weighted by Crippen LogP contribution is -1.71. The van der Waals surface area contributed by atoms with Gasteiger partial charge in [0.1, 0.15) is 0 Å². The van der Waals surface area contributed by atoms with Crippen LogP contribution in [0.3, 0.4) is 0 Å². The monoisotopic (exact) mass is 272 g/mol. The lowest BCUT2D eigenvalue weighted by atomic mass is 10.2. The van der Waals surface area contributed by atoms with Crippen molar-refractivity contribution in [2.75, 3.05) is 6.26 Å². The second kappa shape index (κ2) is 3.64. The van der Waals surface area contributed by atoms with E-state index in [4.69, 9.17) is 0 Å². The molecule has 0 fully saturated rings. The third kappa shape index (κ3) is 1.78. The lowest BCUT2D eigenvalue weighted by molar-refractivity contribution is 1.55. The van der Waals surface area contributed by atoms with Crippen LogP contribution in [0.5, 0.6) is 0 Å². The largest absolute Gasteiger partial charge is 0.139 e. The summed E-state index contributed by atoms with van der Waals surface area (Å²) in [6.45, 7) is 2.16. The molecule has 0 spiro atoms. The van der Waals surface area contributed by atoms with E-state index in [0.717, 1.165) is 0 Å². The Labute approximate surface area is 94.5 Å². The van der Waals surface area contributed by atoms with Crippen LogP contribution in [-0.2, 0) is 0 Å². The molecule has 0 aliphatic rings. The number of thioether (sulfide) groups is 1. The summed E-state index contributed by atoms with van der Waals surface area (Å²) in [6, 6.07) is 6.60. The van der Waals surface area contributed by atoms with Crippen LogP contribution in [0, 0.1) is 6.92 Å². The Kier molecular flexibility index (Phi) is 2.67. The van der Waals surface area contributed by atoms with E-state index in [1.807, 2.05) is 11.3 Å². The molecular formula is C10H9BrS2. The first kappa shape index (κ1) is 9.56. The maximum atomic E-state index is 3.52. The molecule has 0 saturated heterocycles.